The molecule has 1 saturated heterocycles. The molecule has 0 saturated carbocycles. The van der Waals surface area contributed by atoms with Gasteiger partial charge in [-0.3, -0.25) is 0 Å². The average molecular weight is 358 g/mol. The molecular formula is C15H16F2N2O2S2. The number of anilines is 1. The maximum Gasteiger partial charge on any atom is 0.250 e. The maximum absolute atomic E-state index is 13.3. The Morgan fingerprint density at radius 1 is 1.26 bits per heavy atom. The molecule has 1 N–H and O–H groups in total. The summed E-state index contributed by atoms with van der Waals surface area (Å²) in [5, 5.41) is 1.72. The summed E-state index contributed by atoms with van der Waals surface area (Å²) in [5.74, 6) is -1.60. The van der Waals surface area contributed by atoms with Gasteiger partial charge in [-0.25, -0.2) is 21.9 Å². The Morgan fingerprint density at radius 2 is 2.09 bits per heavy atom. The molecule has 0 radical (unpaired) electrons. The van der Waals surface area contributed by atoms with Crippen LogP contribution in [0.4, 0.5) is 14.5 Å². The van der Waals surface area contributed by atoms with E-state index in [4.69, 9.17) is 0 Å². The molecule has 1 aromatic heterocycles. The van der Waals surface area contributed by atoms with Gasteiger partial charge in [0, 0.05) is 31.4 Å². The lowest BCUT2D eigenvalue weighted by atomic mass is 10.1. The van der Waals surface area contributed by atoms with Gasteiger partial charge in [-0.05, 0) is 35.9 Å². The molecule has 2 heterocycles. The Hall–Kier alpha value is -1.51. The standard InChI is InChI=1S/C15H16F2N2O2S2/c16-13-4-3-12(8-14(13)17)19-6-5-11(10-19)9-18-23(20,21)15-2-1-7-22-15/h1-4,7-8,11,18H,5-6,9-10H2/t11-/m0/s1. The second-order valence-corrected chi connectivity index (χ2v) is 8.42. The van der Waals surface area contributed by atoms with E-state index in [1.54, 1.807) is 17.5 Å². The molecule has 2 aromatic rings. The molecule has 1 fully saturated rings. The van der Waals surface area contributed by atoms with E-state index in [1.165, 1.54) is 23.5 Å². The molecule has 1 aliphatic rings. The highest BCUT2D eigenvalue weighted by Crippen LogP contribution is 2.25. The number of nitrogens with one attached hydrogen (secondary N) is 1. The van der Waals surface area contributed by atoms with E-state index in [9.17, 15) is 17.2 Å². The predicted octanol–water partition coefficient (Wildman–Crippen LogP) is 2.83. The quantitative estimate of drug-likeness (QED) is 0.894. The van der Waals surface area contributed by atoms with Crippen molar-refractivity contribution in [3.05, 3.63) is 47.3 Å². The largest absolute Gasteiger partial charge is 0.371 e. The number of hydrogen-bond donors (Lipinski definition) is 1. The number of benzene rings is 1. The molecule has 1 atom stereocenters. The van der Waals surface area contributed by atoms with Crippen molar-refractivity contribution in [3.63, 3.8) is 0 Å². The number of hydrogen-bond acceptors (Lipinski definition) is 4. The highest BCUT2D eigenvalue weighted by molar-refractivity contribution is 7.91. The second kappa shape index (κ2) is 6.54. The molecule has 124 valence electrons. The monoisotopic (exact) mass is 358 g/mol. The Balaban J connectivity index is 1.59. The van der Waals surface area contributed by atoms with Crippen LogP contribution in [0, 0.1) is 17.6 Å². The first-order valence-corrected chi connectivity index (χ1v) is 9.55. The Bertz CT molecular complexity index is 779. The van der Waals surface area contributed by atoms with Crippen molar-refractivity contribution in [3.8, 4) is 0 Å². The molecule has 3 rings (SSSR count). The van der Waals surface area contributed by atoms with Crippen molar-refractivity contribution < 1.29 is 17.2 Å². The zero-order valence-electron chi connectivity index (χ0n) is 12.2. The van der Waals surface area contributed by atoms with Crippen molar-refractivity contribution in [2.75, 3.05) is 24.5 Å². The van der Waals surface area contributed by atoms with Gasteiger partial charge in [0.25, 0.3) is 0 Å². The van der Waals surface area contributed by atoms with Gasteiger partial charge >= 0.3 is 0 Å². The van der Waals surface area contributed by atoms with Gasteiger partial charge in [0.15, 0.2) is 11.6 Å². The molecule has 0 aliphatic carbocycles. The van der Waals surface area contributed by atoms with Crippen molar-refractivity contribution in [2.24, 2.45) is 5.92 Å². The topological polar surface area (TPSA) is 49.4 Å². The molecule has 0 spiro atoms. The molecule has 0 amide bonds. The van der Waals surface area contributed by atoms with Crippen LogP contribution in [0.1, 0.15) is 6.42 Å². The van der Waals surface area contributed by atoms with Crippen molar-refractivity contribution in [1.29, 1.82) is 0 Å². The summed E-state index contributed by atoms with van der Waals surface area (Å²) in [7, 11) is -3.46. The summed E-state index contributed by atoms with van der Waals surface area (Å²) in [6.07, 6.45) is 0.798. The van der Waals surface area contributed by atoms with E-state index in [2.05, 4.69) is 4.72 Å². The lowest BCUT2D eigenvalue weighted by Crippen LogP contribution is -2.30. The van der Waals surface area contributed by atoms with Crippen LogP contribution in [0.25, 0.3) is 0 Å². The first-order valence-electron chi connectivity index (χ1n) is 7.19. The fraction of sp³-hybridized carbons (Fsp3) is 0.333. The van der Waals surface area contributed by atoms with Crippen LogP contribution in [-0.4, -0.2) is 28.1 Å². The summed E-state index contributed by atoms with van der Waals surface area (Å²) < 4.78 is 53.4. The van der Waals surface area contributed by atoms with Crippen LogP contribution < -0.4 is 9.62 Å². The summed E-state index contributed by atoms with van der Waals surface area (Å²) in [6, 6.07) is 7.08. The Morgan fingerprint density at radius 3 is 2.78 bits per heavy atom. The maximum atomic E-state index is 13.3. The van der Waals surface area contributed by atoms with Gasteiger partial charge in [-0.1, -0.05) is 6.07 Å². The van der Waals surface area contributed by atoms with Gasteiger partial charge < -0.3 is 4.90 Å². The lowest BCUT2D eigenvalue weighted by Gasteiger charge is -2.19. The van der Waals surface area contributed by atoms with Crippen molar-refractivity contribution in [1.82, 2.24) is 4.72 Å². The molecule has 0 bridgehead atoms. The predicted molar refractivity (Wildman–Crippen MR) is 86.2 cm³/mol. The van der Waals surface area contributed by atoms with E-state index in [1.807, 2.05) is 4.90 Å². The van der Waals surface area contributed by atoms with E-state index < -0.39 is 21.7 Å². The minimum Gasteiger partial charge on any atom is -0.371 e. The summed E-state index contributed by atoms with van der Waals surface area (Å²) in [4.78, 5) is 1.94. The molecule has 1 aromatic carbocycles. The smallest absolute Gasteiger partial charge is 0.250 e. The minimum atomic E-state index is -3.46. The first-order chi connectivity index (χ1) is 11.0. The number of thiophene rings is 1. The zero-order chi connectivity index (χ0) is 16.4. The Labute approximate surface area is 137 Å². The fourth-order valence-electron chi connectivity index (χ4n) is 2.63. The highest BCUT2D eigenvalue weighted by Gasteiger charge is 2.25. The lowest BCUT2D eigenvalue weighted by molar-refractivity contribution is 0.508. The Kier molecular flexibility index (Phi) is 4.65. The molecule has 8 heteroatoms. The first kappa shape index (κ1) is 16.4. The van der Waals surface area contributed by atoms with Crippen LogP contribution in [-0.2, 0) is 10.0 Å². The van der Waals surface area contributed by atoms with Crippen LogP contribution >= 0.6 is 11.3 Å². The summed E-state index contributed by atoms with van der Waals surface area (Å²) in [6.45, 7) is 1.63. The molecule has 1 aliphatic heterocycles. The molecule has 23 heavy (non-hydrogen) atoms. The van der Waals surface area contributed by atoms with E-state index in [0.29, 0.717) is 29.5 Å². The number of sulfonamides is 1. The number of rotatable bonds is 5. The second-order valence-electron chi connectivity index (χ2n) is 5.48. The van der Waals surface area contributed by atoms with Crippen LogP contribution in [0.2, 0.25) is 0 Å². The van der Waals surface area contributed by atoms with E-state index in [0.717, 1.165) is 12.5 Å². The normalized spacial score (nSPS) is 18.5. The van der Waals surface area contributed by atoms with Crippen molar-refractivity contribution >= 4 is 27.0 Å². The van der Waals surface area contributed by atoms with Crippen LogP contribution in [0.15, 0.2) is 39.9 Å². The van der Waals surface area contributed by atoms with Crippen molar-refractivity contribution in [2.45, 2.75) is 10.6 Å². The summed E-state index contributed by atoms with van der Waals surface area (Å²) in [5.41, 5.74) is 0.618. The molecule has 4 nitrogen and oxygen atoms in total. The summed E-state index contributed by atoms with van der Waals surface area (Å²) >= 11 is 1.17. The van der Waals surface area contributed by atoms with Crippen LogP contribution in [0.3, 0.4) is 0 Å². The molecule has 0 unspecified atom stereocenters. The third-order valence-corrected chi connectivity index (χ3v) is 6.70. The highest BCUT2D eigenvalue weighted by atomic mass is 32.2. The van der Waals surface area contributed by atoms with Gasteiger partial charge in [-0.15, -0.1) is 11.3 Å². The van der Waals surface area contributed by atoms with Gasteiger partial charge in [-0.2, -0.15) is 0 Å². The van der Waals surface area contributed by atoms with Gasteiger partial charge in [0.1, 0.15) is 4.21 Å². The molecular weight excluding hydrogens is 342 g/mol. The zero-order valence-corrected chi connectivity index (χ0v) is 13.8. The third kappa shape index (κ3) is 3.70. The van der Waals surface area contributed by atoms with Crippen LogP contribution in [0.5, 0.6) is 0 Å². The van der Waals surface area contributed by atoms with Gasteiger partial charge in [0.2, 0.25) is 10.0 Å². The fourth-order valence-corrected chi connectivity index (χ4v) is 4.78. The number of nitrogens with zero attached hydrogens (tertiary/aromatic N) is 1. The van der Waals surface area contributed by atoms with E-state index >= 15 is 0 Å². The SMILES string of the molecule is O=S(=O)(NC[C@@H]1CCN(c2ccc(F)c(F)c2)C1)c1cccs1. The van der Waals surface area contributed by atoms with Gasteiger partial charge in [0.05, 0.1) is 0 Å². The van der Waals surface area contributed by atoms with E-state index in [-0.39, 0.29) is 5.92 Å². The third-order valence-electron chi connectivity index (χ3n) is 3.88. The average Bonchev–Trinajstić information content (AvgIpc) is 3.19. The number of halogens is 2. The minimum absolute atomic E-state index is 0.137.